The minimum absolute atomic E-state index is 0.151. The highest BCUT2D eigenvalue weighted by Crippen LogP contribution is 2.38. The molecule has 0 saturated carbocycles. The fraction of sp³-hybridized carbons (Fsp3) is 0.400. The Kier molecular flexibility index (Phi) is 4.97. The van der Waals surface area contributed by atoms with Crippen LogP contribution in [0.3, 0.4) is 0 Å². The number of nitrogens with one attached hydrogen (secondary N) is 1. The van der Waals surface area contributed by atoms with E-state index in [4.69, 9.17) is 4.98 Å². The van der Waals surface area contributed by atoms with Gasteiger partial charge in [0, 0.05) is 29.9 Å². The molecule has 1 N–H and O–H groups in total. The van der Waals surface area contributed by atoms with E-state index in [2.05, 4.69) is 27.3 Å². The number of rotatable bonds is 6. The Morgan fingerprint density at radius 3 is 2.79 bits per heavy atom. The van der Waals surface area contributed by atoms with Gasteiger partial charge in [-0.2, -0.15) is 13.2 Å². The second kappa shape index (κ2) is 7.46. The van der Waals surface area contributed by atoms with Gasteiger partial charge in [0.25, 0.3) is 0 Å². The zero-order valence-corrected chi connectivity index (χ0v) is 16.2. The molecule has 3 aromatic rings. The van der Waals surface area contributed by atoms with Gasteiger partial charge < -0.3 is 5.32 Å². The number of hydrogen-bond donors (Lipinski definition) is 1. The Bertz CT molecular complexity index is 1070. The van der Waals surface area contributed by atoms with Crippen LogP contribution >= 0.6 is 0 Å². The summed E-state index contributed by atoms with van der Waals surface area (Å²) in [7, 11) is 0. The van der Waals surface area contributed by atoms with Crippen molar-refractivity contribution in [3.8, 4) is 11.3 Å². The molecule has 0 saturated heterocycles. The van der Waals surface area contributed by atoms with Gasteiger partial charge in [-0.1, -0.05) is 13.3 Å². The van der Waals surface area contributed by atoms with Gasteiger partial charge in [-0.25, -0.2) is 14.5 Å². The molecule has 1 atom stereocenters. The topological polar surface area (TPSA) is 67.5 Å². The van der Waals surface area contributed by atoms with Crippen molar-refractivity contribution in [2.24, 2.45) is 4.99 Å². The van der Waals surface area contributed by atoms with Crippen molar-refractivity contribution in [2.75, 3.05) is 11.9 Å². The molecule has 152 valence electrons. The number of aromatic nitrogens is 4. The molecular weight excluding hydrogens is 381 g/mol. The first kappa shape index (κ1) is 19.4. The van der Waals surface area contributed by atoms with Crippen LogP contribution in [-0.4, -0.2) is 38.0 Å². The van der Waals surface area contributed by atoms with Gasteiger partial charge in [-0.05, 0) is 31.5 Å². The number of alkyl halides is 3. The van der Waals surface area contributed by atoms with Crippen LogP contribution in [0.4, 0.5) is 24.8 Å². The predicted octanol–water partition coefficient (Wildman–Crippen LogP) is 5.15. The van der Waals surface area contributed by atoms with E-state index in [-0.39, 0.29) is 18.4 Å². The van der Waals surface area contributed by atoms with Crippen molar-refractivity contribution in [1.82, 2.24) is 19.6 Å². The van der Waals surface area contributed by atoms with Crippen molar-refractivity contribution in [3.63, 3.8) is 0 Å². The summed E-state index contributed by atoms with van der Waals surface area (Å²) >= 11 is 0. The van der Waals surface area contributed by atoms with Gasteiger partial charge in [0.15, 0.2) is 0 Å². The molecule has 4 rings (SSSR count). The SMILES string of the molecule is CCCC1C(C)=Nc2ccc(-c3ccn4nc(NCCC(F)(F)F)ncc34)nc21. The van der Waals surface area contributed by atoms with Gasteiger partial charge in [-0.3, -0.25) is 4.99 Å². The molecule has 0 spiro atoms. The molecule has 0 aromatic carbocycles. The summed E-state index contributed by atoms with van der Waals surface area (Å²) in [5.74, 6) is 0.391. The summed E-state index contributed by atoms with van der Waals surface area (Å²) in [6, 6.07) is 5.79. The average molecular weight is 402 g/mol. The van der Waals surface area contributed by atoms with Crippen LogP contribution in [0.1, 0.15) is 44.7 Å². The molecule has 3 aromatic heterocycles. The molecule has 0 radical (unpaired) electrons. The van der Waals surface area contributed by atoms with Crippen molar-refractivity contribution in [3.05, 3.63) is 36.3 Å². The summed E-state index contributed by atoms with van der Waals surface area (Å²) in [6.45, 7) is 3.92. The largest absolute Gasteiger partial charge is 0.390 e. The summed E-state index contributed by atoms with van der Waals surface area (Å²) in [6.07, 6.45) is 0.251. The van der Waals surface area contributed by atoms with Crippen LogP contribution in [0.5, 0.6) is 0 Å². The second-order valence-corrected chi connectivity index (χ2v) is 7.13. The van der Waals surface area contributed by atoms with E-state index in [0.29, 0.717) is 0 Å². The maximum absolute atomic E-state index is 12.3. The molecule has 1 unspecified atom stereocenters. The van der Waals surface area contributed by atoms with Crippen molar-refractivity contribution in [2.45, 2.75) is 45.2 Å². The minimum Gasteiger partial charge on any atom is -0.353 e. The highest BCUT2D eigenvalue weighted by molar-refractivity contribution is 5.96. The first-order valence-corrected chi connectivity index (χ1v) is 9.57. The predicted molar refractivity (Wildman–Crippen MR) is 106 cm³/mol. The number of pyridine rings is 1. The molecule has 0 fully saturated rings. The van der Waals surface area contributed by atoms with Crippen LogP contribution < -0.4 is 5.32 Å². The van der Waals surface area contributed by atoms with Gasteiger partial charge in [-0.15, -0.1) is 5.10 Å². The van der Waals surface area contributed by atoms with Gasteiger partial charge in [0.2, 0.25) is 5.95 Å². The van der Waals surface area contributed by atoms with E-state index in [1.54, 1.807) is 16.9 Å². The van der Waals surface area contributed by atoms with E-state index in [1.165, 1.54) is 0 Å². The molecule has 9 heteroatoms. The first-order chi connectivity index (χ1) is 13.9. The summed E-state index contributed by atoms with van der Waals surface area (Å²) in [5.41, 5.74) is 5.41. The maximum atomic E-state index is 12.3. The van der Waals surface area contributed by atoms with E-state index < -0.39 is 12.6 Å². The van der Waals surface area contributed by atoms with Crippen molar-refractivity contribution < 1.29 is 13.2 Å². The molecule has 0 bridgehead atoms. The lowest BCUT2D eigenvalue weighted by atomic mass is 9.96. The Labute approximate surface area is 165 Å². The lowest BCUT2D eigenvalue weighted by molar-refractivity contribution is -0.131. The van der Waals surface area contributed by atoms with E-state index >= 15 is 0 Å². The number of nitrogens with zero attached hydrogens (tertiary/aromatic N) is 5. The Hall–Kier alpha value is -2.97. The highest BCUT2D eigenvalue weighted by atomic mass is 19.4. The zero-order valence-electron chi connectivity index (χ0n) is 16.2. The quantitative estimate of drug-likeness (QED) is 0.620. The van der Waals surface area contributed by atoms with Crippen LogP contribution in [-0.2, 0) is 0 Å². The minimum atomic E-state index is -4.21. The van der Waals surface area contributed by atoms with Crippen molar-refractivity contribution >= 4 is 22.9 Å². The third-order valence-electron chi connectivity index (χ3n) is 5.00. The second-order valence-electron chi connectivity index (χ2n) is 7.13. The Morgan fingerprint density at radius 2 is 2.03 bits per heavy atom. The zero-order chi connectivity index (χ0) is 20.6. The molecule has 4 heterocycles. The summed E-state index contributed by atoms with van der Waals surface area (Å²) in [4.78, 5) is 13.7. The smallest absolute Gasteiger partial charge is 0.353 e. The molecule has 1 aliphatic rings. The monoisotopic (exact) mass is 402 g/mol. The standard InChI is InChI=1S/C20H21F3N6/c1-3-4-13-12(2)26-16-6-5-15(27-18(13)16)14-7-10-29-17(14)11-25-19(28-29)24-9-8-20(21,22)23/h5-7,10-11,13H,3-4,8-9H2,1-2H3,(H,24,28). The molecule has 6 nitrogen and oxygen atoms in total. The molecule has 0 aliphatic carbocycles. The third kappa shape index (κ3) is 3.94. The normalized spacial score (nSPS) is 16.2. The number of hydrogen-bond acceptors (Lipinski definition) is 5. The summed E-state index contributed by atoms with van der Waals surface area (Å²) in [5, 5.41) is 6.85. The maximum Gasteiger partial charge on any atom is 0.390 e. The molecular formula is C20H21F3N6. The summed E-state index contributed by atoms with van der Waals surface area (Å²) < 4.78 is 38.5. The highest BCUT2D eigenvalue weighted by Gasteiger charge is 2.27. The number of aliphatic imine (C=N–C) groups is 1. The number of fused-ring (bicyclic) bond motifs is 2. The average Bonchev–Trinajstić information content (AvgIpc) is 3.21. The van der Waals surface area contributed by atoms with Crippen molar-refractivity contribution in [1.29, 1.82) is 0 Å². The van der Waals surface area contributed by atoms with Crippen LogP contribution in [0.25, 0.3) is 16.8 Å². The lowest BCUT2D eigenvalue weighted by Crippen LogP contribution is -2.16. The van der Waals surface area contributed by atoms with Gasteiger partial charge >= 0.3 is 6.18 Å². The van der Waals surface area contributed by atoms with E-state index in [1.807, 2.05) is 25.1 Å². The number of anilines is 1. The first-order valence-electron chi connectivity index (χ1n) is 9.57. The Balaban J connectivity index is 1.60. The van der Waals surface area contributed by atoms with Gasteiger partial charge in [0.1, 0.15) is 0 Å². The van der Waals surface area contributed by atoms with Crippen LogP contribution in [0.15, 0.2) is 35.6 Å². The van der Waals surface area contributed by atoms with Crippen LogP contribution in [0.2, 0.25) is 0 Å². The van der Waals surface area contributed by atoms with E-state index in [0.717, 1.165) is 46.7 Å². The Morgan fingerprint density at radius 1 is 1.21 bits per heavy atom. The molecule has 0 amide bonds. The third-order valence-corrected chi connectivity index (χ3v) is 5.00. The fourth-order valence-corrected chi connectivity index (χ4v) is 3.58. The fourth-order valence-electron chi connectivity index (χ4n) is 3.58. The molecule has 1 aliphatic heterocycles. The van der Waals surface area contributed by atoms with Crippen LogP contribution in [0, 0.1) is 0 Å². The van der Waals surface area contributed by atoms with E-state index in [9.17, 15) is 13.2 Å². The molecule has 29 heavy (non-hydrogen) atoms. The lowest BCUT2D eigenvalue weighted by Gasteiger charge is -2.11. The number of halogens is 3. The van der Waals surface area contributed by atoms with Gasteiger partial charge in [0.05, 0.1) is 35.2 Å².